The van der Waals surface area contributed by atoms with Crippen LogP contribution < -0.4 is 15.4 Å². The number of aliphatic hydroxyl groups excluding tert-OH is 1. The van der Waals surface area contributed by atoms with Gasteiger partial charge in [0.2, 0.25) is 0 Å². The first kappa shape index (κ1) is 15.9. The van der Waals surface area contributed by atoms with Crippen LogP contribution in [0.25, 0.3) is 0 Å². The first-order valence-electron chi connectivity index (χ1n) is 6.60. The van der Waals surface area contributed by atoms with Crippen molar-refractivity contribution in [2.45, 2.75) is 6.10 Å². The molecule has 0 aliphatic carbocycles. The minimum absolute atomic E-state index is 0.135. The topological polar surface area (TPSA) is 70.6 Å². The third-order valence-electron chi connectivity index (χ3n) is 2.80. The summed E-state index contributed by atoms with van der Waals surface area (Å²) in [7, 11) is 0. The molecular weight excluding hydrogens is 300 g/mol. The lowest BCUT2D eigenvalue weighted by Crippen LogP contribution is -2.32. The second kappa shape index (κ2) is 8.08. The fraction of sp³-hybridized carbons (Fsp3) is 0.188. The van der Waals surface area contributed by atoms with Gasteiger partial charge in [0, 0.05) is 18.3 Å². The van der Waals surface area contributed by atoms with Crippen LogP contribution in [-0.2, 0) is 0 Å². The normalized spacial score (nSPS) is 11.3. The summed E-state index contributed by atoms with van der Waals surface area (Å²) in [4.78, 5) is 11.8. The Morgan fingerprint density at radius 1 is 1.45 bits per heavy atom. The molecule has 0 radical (unpaired) electrons. The molecule has 0 bridgehead atoms. The van der Waals surface area contributed by atoms with Gasteiger partial charge in [-0.05, 0) is 34.5 Å². The summed E-state index contributed by atoms with van der Waals surface area (Å²) in [5.41, 5.74) is 1.37. The van der Waals surface area contributed by atoms with E-state index < -0.39 is 12.1 Å². The molecule has 0 spiro atoms. The zero-order valence-electron chi connectivity index (χ0n) is 11.8. The van der Waals surface area contributed by atoms with Crippen LogP contribution in [0.1, 0.15) is 11.7 Å². The Morgan fingerprint density at radius 2 is 2.32 bits per heavy atom. The maximum absolute atomic E-state index is 11.8. The lowest BCUT2D eigenvalue weighted by molar-refractivity contribution is 0.175. The number of benzene rings is 1. The number of carbonyl (C=O) groups is 1. The maximum Gasteiger partial charge on any atom is 0.319 e. The summed E-state index contributed by atoms with van der Waals surface area (Å²) in [6.07, 6.45) is 4.41. The number of carbonyl (C=O) groups excluding carboxylic acids is 1. The van der Waals surface area contributed by atoms with Gasteiger partial charge in [0.25, 0.3) is 0 Å². The first-order chi connectivity index (χ1) is 10.7. The van der Waals surface area contributed by atoms with Crippen LogP contribution in [0, 0.1) is 12.3 Å². The molecule has 1 heterocycles. The van der Waals surface area contributed by atoms with Gasteiger partial charge in [0.1, 0.15) is 12.4 Å². The molecule has 1 aromatic heterocycles. The standard InChI is InChI=1S/C16H16N2O3S/c1-2-7-21-14-5-3-4-13(9-14)18-16(20)17-10-15(19)12-6-8-22-11-12/h1,3-6,8-9,11,15,19H,7,10H2,(H2,17,18,20). The van der Waals surface area contributed by atoms with Gasteiger partial charge in [-0.25, -0.2) is 4.79 Å². The second-order valence-electron chi connectivity index (χ2n) is 4.43. The van der Waals surface area contributed by atoms with Gasteiger partial charge >= 0.3 is 6.03 Å². The van der Waals surface area contributed by atoms with E-state index in [1.165, 1.54) is 11.3 Å². The van der Waals surface area contributed by atoms with Crippen LogP contribution in [0.4, 0.5) is 10.5 Å². The van der Waals surface area contributed by atoms with E-state index in [2.05, 4.69) is 16.6 Å². The number of aliphatic hydroxyl groups is 1. The molecule has 1 unspecified atom stereocenters. The molecule has 2 rings (SSSR count). The molecule has 1 atom stereocenters. The number of anilines is 1. The summed E-state index contributed by atoms with van der Waals surface area (Å²) in [6.45, 7) is 0.304. The molecule has 0 aliphatic rings. The monoisotopic (exact) mass is 316 g/mol. The Hall–Kier alpha value is -2.49. The fourth-order valence-corrected chi connectivity index (χ4v) is 2.44. The molecule has 1 aromatic carbocycles. The number of terminal acetylenes is 1. The van der Waals surface area contributed by atoms with E-state index in [-0.39, 0.29) is 13.2 Å². The van der Waals surface area contributed by atoms with Crippen molar-refractivity contribution in [3.8, 4) is 18.1 Å². The van der Waals surface area contributed by atoms with Crippen molar-refractivity contribution in [2.24, 2.45) is 0 Å². The van der Waals surface area contributed by atoms with E-state index in [0.29, 0.717) is 11.4 Å². The number of ether oxygens (including phenoxy) is 1. The van der Waals surface area contributed by atoms with Gasteiger partial charge < -0.3 is 20.5 Å². The Kier molecular flexibility index (Phi) is 5.83. The van der Waals surface area contributed by atoms with Crippen molar-refractivity contribution in [3.05, 3.63) is 46.7 Å². The molecule has 2 aromatic rings. The van der Waals surface area contributed by atoms with Gasteiger partial charge in [-0.1, -0.05) is 12.0 Å². The molecule has 0 saturated heterocycles. The van der Waals surface area contributed by atoms with Crippen molar-refractivity contribution in [2.75, 3.05) is 18.5 Å². The van der Waals surface area contributed by atoms with Crippen molar-refractivity contribution in [1.82, 2.24) is 5.32 Å². The summed E-state index contributed by atoms with van der Waals surface area (Å²) in [5.74, 6) is 2.95. The highest BCUT2D eigenvalue weighted by molar-refractivity contribution is 7.07. The molecule has 22 heavy (non-hydrogen) atoms. The largest absolute Gasteiger partial charge is 0.481 e. The number of thiophene rings is 1. The van der Waals surface area contributed by atoms with E-state index in [1.807, 2.05) is 16.8 Å². The summed E-state index contributed by atoms with van der Waals surface area (Å²) in [6, 6.07) is 8.33. The highest BCUT2D eigenvalue weighted by atomic mass is 32.1. The number of nitrogens with one attached hydrogen (secondary N) is 2. The zero-order chi connectivity index (χ0) is 15.8. The average molecular weight is 316 g/mol. The number of urea groups is 1. The minimum Gasteiger partial charge on any atom is -0.481 e. The van der Waals surface area contributed by atoms with Crippen LogP contribution in [0.15, 0.2) is 41.1 Å². The number of hydrogen-bond donors (Lipinski definition) is 3. The van der Waals surface area contributed by atoms with E-state index in [4.69, 9.17) is 11.2 Å². The fourth-order valence-electron chi connectivity index (χ4n) is 1.74. The zero-order valence-corrected chi connectivity index (χ0v) is 12.6. The summed E-state index contributed by atoms with van der Waals surface area (Å²) < 4.78 is 5.28. The lowest BCUT2D eigenvalue weighted by Gasteiger charge is -2.12. The number of rotatable bonds is 6. The lowest BCUT2D eigenvalue weighted by atomic mass is 10.2. The molecule has 0 fully saturated rings. The summed E-state index contributed by atoms with van der Waals surface area (Å²) >= 11 is 1.50. The Morgan fingerprint density at radius 3 is 3.05 bits per heavy atom. The highest BCUT2D eigenvalue weighted by Gasteiger charge is 2.10. The SMILES string of the molecule is C#CCOc1cccc(NC(=O)NCC(O)c2ccsc2)c1. The molecular formula is C16H16N2O3S. The van der Waals surface area contributed by atoms with E-state index in [0.717, 1.165) is 5.56 Å². The van der Waals surface area contributed by atoms with Crippen molar-refractivity contribution < 1.29 is 14.6 Å². The van der Waals surface area contributed by atoms with Crippen LogP contribution in [0.2, 0.25) is 0 Å². The number of hydrogen-bond acceptors (Lipinski definition) is 4. The number of amides is 2. The Labute approximate surface area is 132 Å². The molecule has 0 aliphatic heterocycles. The van der Waals surface area contributed by atoms with Gasteiger partial charge in [0.15, 0.2) is 0 Å². The molecule has 0 saturated carbocycles. The first-order valence-corrected chi connectivity index (χ1v) is 7.54. The van der Waals surface area contributed by atoms with E-state index in [1.54, 1.807) is 24.3 Å². The highest BCUT2D eigenvalue weighted by Crippen LogP contribution is 2.17. The molecule has 6 heteroatoms. The third-order valence-corrected chi connectivity index (χ3v) is 3.50. The quantitative estimate of drug-likeness (QED) is 0.718. The van der Waals surface area contributed by atoms with Gasteiger partial charge in [-0.2, -0.15) is 11.3 Å². The van der Waals surface area contributed by atoms with Gasteiger partial charge in [-0.15, -0.1) is 6.42 Å². The average Bonchev–Trinajstić information content (AvgIpc) is 3.05. The van der Waals surface area contributed by atoms with Crippen molar-refractivity contribution in [3.63, 3.8) is 0 Å². The van der Waals surface area contributed by atoms with E-state index >= 15 is 0 Å². The van der Waals surface area contributed by atoms with Crippen LogP contribution in [0.3, 0.4) is 0 Å². The van der Waals surface area contributed by atoms with Gasteiger partial charge in [-0.3, -0.25) is 0 Å². The molecule has 114 valence electrons. The minimum atomic E-state index is -0.720. The van der Waals surface area contributed by atoms with E-state index in [9.17, 15) is 9.90 Å². The summed E-state index contributed by atoms with van der Waals surface area (Å²) in [5, 5.41) is 18.9. The van der Waals surface area contributed by atoms with Crippen LogP contribution >= 0.6 is 11.3 Å². The van der Waals surface area contributed by atoms with Crippen LogP contribution in [-0.4, -0.2) is 24.3 Å². The molecule has 5 nitrogen and oxygen atoms in total. The molecule has 2 amide bonds. The maximum atomic E-state index is 11.8. The Bertz CT molecular complexity index is 650. The van der Waals surface area contributed by atoms with Crippen molar-refractivity contribution >= 4 is 23.1 Å². The Balaban J connectivity index is 1.83. The predicted molar refractivity (Wildman–Crippen MR) is 87.1 cm³/mol. The molecule has 3 N–H and O–H groups in total. The van der Waals surface area contributed by atoms with Gasteiger partial charge in [0.05, 0.1) is 6.10 Å². The second-order valence-corrected chi connectivity index (χ2v) is 5.21. The van der Waals surface area contributed by atoms with Crippen LogP contribution in [0.5, 0.6) is 5.75 Å². The van der Waals surface area contributed by atoms with Crippen molar-refractivity contribution in [1.29, 1.82) is 0 Å². The third kappa shape index (κ3) is 4.81. The predicted octanol–water partition coefficient (Wildman–Crippen LogP) is 2.62. The smallest absolute Gasteiger partial charge is 0.319 e.